The number of benzene rings is 2. The normalized spacial score (nSPS) is 15.7. The van der Waals surface area contributed by atoms with E-state index in [-0.39, 0.29) is 5.56 Å². The number of nitrogens with one attached hydrogen (secondary N) is 1. The van der Waals surface area contributed by atoms with E-state index >= 15 is 0 Å². The molecule has 0 amide bonds. The number of allylic oxidation sites excluding steroid dienone is 3. The van der Waals surface area contributed by atoms with Crippen molar-refractivity contribution in [1.29, 1.82) is 0 Å². The first-order valence-corrected chi connectivity index (χ1v) is 14.0. The molecule has 204 valence electrons. The van der Waals surface area contributed by atoms with Gasteiger partial charge in [-0.1, -0.05) is 24.6 Å². The van der Waals surface area contributed by atoms with Crippen molar-refractivity contribution in [3.8, 4) is 11.1 Å². The molecular weight excluding hydrogens is 514 g/mol. The number of hydrogen-bond acceptors (Lipinski definition) is 6. The standard InChI is InChI=1S/C30H34F2N6S/c1-4-34-30(7-5-6-21-19-35-38(20-21)26-10-12-37(2)13-11-26)28(18-33)23-14-22(15-25(16-23)36-39-3)27-9-8-24(31)17-29(27)32/h4-5,7-9,14-20,26,36H,1,6,10-13,33H2,2-3H3/b7-5-,28-18?,34-30?. The summed E-state index contributed by atoms with van der Waals surface area (Å²) in [5, 5.41) is 4.60. The van der Waals surface area contributed by atoms with Gasteiger partial charge in [0.15, 0.2) is 0 Å². The van der Waals surface area contributed by atoms with Crippen LogP contribution in [-0.2, 0) is 6.42 Å². The van der Waals surface area contributed by atoms with Crippen molar-refractivity contribution in [2.75, 3.05) is 31.1 Å². The highest BCUT2D eigenvalue weighted by atomic mass is 32.2. The number of aliphatic imine (C=N–C) groups is 1. The average Bonchev–Trinajstić information content (AvgIpc) is 3.38. The van der Waals surface area contributed by atoms with Gasteiger partial charge in [-0.05, 0) is 92.5 Å². The molecular formula is C30H34F2N6S. The van der Waals surface area contributed by atoms with Gasteiger partial charge >= 0.3 is 0 Å². The summed E-state index contributed by atoms with van der Waals surface area (Å²) in [4.78, 5) is 6.81. The van der Waals surface area contributed by atoms with E-state index in [4.69, 9.17) is 5.73 Å². The zero-order valence-electron chi connectivity index (χ0n) is 22.3. The molecule has 39 heavy (non-hydrogen) atoms. The molecule has 0 unspecified atom stereocenters. The number of likely N-dealkylation sites (tertiary alicyclic amines) is 1. The molecule has 0 saturated carbocycles. The summed E-state index contributed by atoms with van der Waals surface area (Å²) in [6.07, 6.45) is 15.7. The van der Waals surface area contributed by atoms with Crippen LogP contribution in [0.1, 0.15) is 30.0 Å². The Morgan fingerprint density at radius 3 is 2.72 bits per heavy atom. The monoisotopic (exact) mass is 548 g/mol. The summed E-state index contributed by atoms with van der Waals surface area (Å²) >= 11 is 1.41. The number of anilines is 1. The zero-order chi connectivity index (χ0) is 27.8. The van der Waals surface area contributed by atoms with Gasteiger partial charge in [-0.2, -0.15) is 5.10 Å². The molecule has 1 saturated heterocycles. The van der Waals surface area contributed by atoms with Crippen molar-refractivity contribution in [1.82, 2.24) is 14.7 Å². The first-order valence-electron chi connectivity index (χ1n) is 12.8. The molecule has 0 aliphatic carbocycles. The second-order valence-corrected chi connectivity index (χ2v) is 10.1. The van der Waals surface area contributed by atoms with Crippen LogP contribution < -0.4 is 10.5 Å². The Morgan fingerprint density at radius 2 is 2.03 bits per heavy atom. The maximum absolute atomic E-state index is 14.7. The summed E-state index contributed by atoms with van der Waals surface area (Å²) in [7, 11) is 2.15. The first kappa shape index (κ1) is 28.3. The number of rotatable bonds is 10. The Labute approximate surface area is 233 Å². The van der Waals surface area contributed by atoms with E-state index in [9.17, 15) is 8.78 Å². The molecule has 3 aromatic rings. The quantitative estimate of drug-likeness (QED) is 0.225. The molecule has 1 aliphatic heterocycles. The fraction of sp³-hybridized carbons (Fsp3) is 0.267. The van der Waals surface area contributed by atoms with E-state index in [1.165, 1.54) is 36.5 Å². The largest absolute Gasteiger partial charge is 0.404 e. The average molecular weight is 549 g/mol. The topological polar surface area (TPSA) is 71.5 Å². The Hall–Kier alpha value is -3.69. The van der Waals surface area contributed by atoms with E-state index in [0.29, 0.717) is 29.3 Å². The van der Waals surface area contributed by atoms with Crippen molar-refractivity contribution in [3.63, 3.8) is 0 Å². The zero-order valence-corrected chi connectivity index (χ0v) is 23.1. The second-order valence-electron chi connectivity index (χ2n) is 9.48. The molecule has 1 aliphatic rings. The summed E-state index contributed by atoms with van der Waals surface area (Å²) in [6.45, 7) is 5.93. The van der Waals surface area contributed by atoms with Crippen LogP contribution in [0, 0.1) is 11.6 Å². The Balaban J connectivity index is 1.58. The molecule has 0 bridgehead atoms. The fourth-order valence-electron chi connectivity index (χ4n) is 4.72. The van der Waals surface area contributed by atoms with E-state index in [1.807, 2.05) is 42.8 Å². The molecule has 3 N–H and O–H groups in total. The van der Waals surface area contributed by atoms with Crippen molar-refractivity contribution in [2.45, 2.75) is 25.3 Å². The summed E-state index contributed by atoms with van der Waals surface area (Å²) in [6, 6.07) is 9.54. The lowest BCUT2D eigenvalue weighted by Gasteiger charge is -2.28. The number of nitrogens with zero attached hydrogens (tertiary/aromatic N) is 4. The van der Waals surface area contributed by atoms with Crippen LogP contribution in [-0.4, -0.2) is 46.8 Å². The van der Waals surface area contributed by atoms with Crippen molar-refractivity contribution >= 4 is 28.9 Å². The first-order chi connectivity index (χ1) is 18.9. The third-order valence-electron chi connectivity index (χ3n) is 6.73. The van der Waals surface area contributed by atoms with Crippen molar-refractivity contribution < 1.29 is 8.78 Å². The molecule has 4 rings (SSSR count). The number of piperidine rings is 1. The molecule has 0 radical (unpaired) electrons. The highest BCUT2D eigenvalue weighted by Crippen LogP contribution is 2.32. The molecule has 0 spiro atoms. The van der Waals surface area contributed by atoms with Crippen LogP contribution in [0.5, 0.6) is 0 Å². The van der Waals surface area contributed by atoms with E-state index in [1.54, 1.807) is 0 Å². The van der Waals surface area contributed by atoms with Crippen LogP contribution in [0.3, 0.4) is 0 Å². The number of hydrogen-bond donors (Lipinski definition) is 2. The van der Waals surface area contributed by atoms with Gasteiger partial charge in [0.1, 0.15) is 11.6 Å². The lowest BCUT2D eigenvalue weighted by Crippen LogP contribution is -2.31. The van der Waals surface area contributed by atoms with E-state index < -0.39 is 11.6 Å². The predicted octanol–water partition coefficient (Wildman–Crippen LogP) is 6.47. The molecule has 1 fully saturated rings. The molecule has 9 heteroatoms. The van der Waals surface area contributed by atoms with Crippen molar-refractivity contribution in [2.24, 2.45) is 10.7 Å². The Morgan fingerprint density at radius 1 is 1.23 bits per heavy atom. The van der Waals surface area contributed by atoms with Gasteiger partial charge in [0.25, 0.3) is 0 Å². The van der Waals surface area contributed by atoms with Gasteiger partial charge in [0.2, 0.25) is 0 Å². The Bertz CT molecular complexity index is 1390. The highest BCUT2D eigenvalue weighted by molar-refractivity contribution is 7.99. The van der Waals surface area contributed by atoms with Gasteiger partial charge in [-0.3, -0.25) is 9.67 Å². The third kappa shape index (κ3) is 7.25. The van der Waals surface area contributed by atoms with Crippen LogP contribution >= 0.6 is 11.9 Å². The number of halogens is 2. The van der Waals surface area contributed by atoms with Crippen molar-refractivity contribution in [3.05, 3.63) is 103 Å². The van der Waals surface area contributed by atoms with Gasteiger partial charge < -0.3 is 15.4 Å². The summed E-state index contributed by atoms with van der Waals surface area (Å²) in [5.74, 6) is -1.26. The summed E-state index contributed by atoms with van der Waals surface area (Å²) < 4.78 is 33.5. The Kier molecular flexibility index (Phi) is 9.73. The van der Waals surface area contributed by atoms with E-state index in [0.717, 1.165) is 48.8 Å². The van der Waals surface area contributed by atoms with Crippen LogP contribution in [0.25, 0.3) is 16.7 Å². The lowest BCUT2D eigenvalue weighted by molar-refractivity contribution is 0.212. The van der Waals surface area contributed by atoms with Gasteiger partial charge in [0, 0.05) is 47.7 Å². The highest BCUT2D eigenvalue weighted by Gasteiger charge is 2.19. The summed E-state index contributed by atoms with van der Waals surface area (Å²) in [5.41, 5.74) is 10.8. The second kappa shape index (κ2) is 13.4. The minimum atomic E-state index is -0.638. The third-order valence-corrected chi connectivity index (χ3v) is 7.17. The maximum Gasteiger partial charge on any atom is 0.133 e. The van der Waals surface area contributed by atoms with Crippen LogP contribution in [0.4, 0.5) is 14.5 Å². The predicted molar refractivity (Wildman–Crippen MR) is 160 cm³/mol. The number of nitrogens with two attached hydrogens (primary N) is 1. The minimum absolute atomic E-state index is 0.290. The van der Waals surface area contributed by atoms with E-state index in [2.05, 4.69) is 44.2 Å². The molecule has 6 nitrogen and oxygen atoms in total. The lowest BCUT2D eigenvalue weighted by atomic mass is 9.95. The molecule has 1 aromatic heterocycles. The minimum Gasteiger partial charge on any atom is -0.404 e. The smallest absolute Gasteiger partial charge is 0.133 e. The molecule has 2 aromatic carbocycles. The van der Waals surface area contributed by atoms with Gasteiger partial charge in [-0.25, -0.2) is 8.78 Å². The fourth-order valence-corrected chi connectivity index (χ4v) is 5.07. The van der Waals surface area contributed by atoms with Gasteiger partial charge in [0.05, 0.1) is 18.0 Å². The van der Waals surface area contributed by atoms with Gasteiger partial charge in [-0.15, -0.1) is 0 Å². The molecule has 0 atom stereocenters. The number of aromatic nitrogens is 2. The maximum atomic E-state index is 14.7. The SMILES string of the molecule is C=CN=C(/C=C\Cc1cnn(C2CCN(C)CC2)c1)C(=CN)c1cc(NSC)cc(-c2ccc(F)cc2F)c1. The molecule has 2 heterocycles. The van der Waals surface area contributed by atoms with Crippen LogP contribution in [0.15, 0.2) is 84.9 Å². The van der Waals surface area contributed by atoms with Crippen LogP contribution in [0.2, 0.25) is 0 Å².